The van der Waals surface area contributed by atoms with Crippen molar-refractivity contribution in [3.8, 4) is 5.75 Å². The molecule has 3 aromatic rings. The van der Waals surface area contributed by atoms with E-state index in [9.17, 15) is 26.4 Å². The summed E-state index contributed by atoms with van der Waals surface area (Å²) in [6.45, 7) is 1.74. The number of hydrogen-bond donors (Lipinski definition) is 1. The maximum atomic E-state index is 12.7. The standard InChI is InChI=1S/C24H19Cl2F3N2O5S/c1-2-35-23(32)31-30-22(17-5-11-19(26)12-6-17)21(15-3-9-18(25)10-4-15)16-7-13-20(14-8-16)36-37(33,34)24(27,28)29/h3-14,21H,2H2,1H3,(H,31,32). The van der Waals surface area contributed by atoms with Crippen LogP contribution in [-0.2, 0) is 14.9 Å². The van der Waals surface area contributed by atoms with E-state index in [0.29, 0.717) is 32.4 Å². The molecule has 3 aromatic carbocycles. The third-order valence-electron chi connectivity index (χ3n) is 4.86. The van der Waals surface area contributed by atoms with Crippen molar-refractivity contribution in [2.24, 2.45) is 5.10 Å². The molecule has 37 heavy (non-hydrogen) atoms. The molecule has 1 amide bonds. The summed E-state index contributed by atoms with van der Waals surface area (Å²) >= 11 is 12.1. The molecule has 0 radical (unpaired) electrons. The number of halogens is 5. The van der Waals surface area contributed by atoms with E-state index < -0.39 is 33.4 Å². The highest BCUT2D eigenvalue weighted by Crippen LogP contribution is 2.33. The fourth-order valence-corrected chi connectivity index (χ4v) is 3.95. The second-order valence-electron chi connectivity index (χ2n) is 7.37. The first-order valence-electron chi connectivity index (χ1n) is 10.5. The molecule has 7 nitrogen and oxygen atoms in total. The number of nitrogens with one attached hydrogen (secondary N) is 1. The maximum absolute atomic E-state index is 12.7. The highest BCUT2D eigenvalue weighted by atomic mass is 35.5. The third kappa shape index (κ3) is 7.37. The summed E-state index contributed by atoms with van der Waals surface area (Å²) in [5, 5.41) is 5.18. The van der Waals surface area contributed by atoms with E-state index in [-0.39, 0.29) is 6.61 Å². The van der Waals surface area contributed by atoms with Crippen molar-refractivity contribution < 1.29 is 35.3 Å². The van der Waals surface area contributed by atoms with E-state index in [1.54, 1.807) is 55.5 Å². The molecule has 13 heteroatoms. The van der Waals surface area contributed by atoms with Crippen LogP contribution in [0, 0.1) is 0 Å². The predicted octanol–water partition coefficient (Wildman–Crippen LogP) is 6.50. The summed E-state index contributed by atoms with van der Waals surface area (Å²) in [5.41, 5.74) is -1.24. The summed E-state index contributed by atoms with van der Waals surface area (Å²) in [4.78, 5) is 12.0. The van der Waals surface area contributed by atoms with Gasteiger partial charge in [0.2, 0.25) is 0 Å². The van der Waals surface area contributed by atoms with Crippen LogP contribution in [0.1, 0.15) is 29.5 Å². The van der Waals surface area contributed by atoms with Gasteiger partial charge in [-0.05, 0) is 60.0 Å². The Bertz CT molecular complexity index is 1360. The molecule has 0 saturated carbocycles. The number of hydrazone groups is 1. The summed E-state index contributed by atoms with van der Waals surface area (Å²) in [7, 11) is -5.84. The quantitative estimate of drug-likeness (QED) is 0.143. The average Bonchev–Trinajstić information content (AvgIpc) is 2.83. The Morgan fingerprint density at radius 1 is 0.919 bits per heavy atom. The molecule has 1 N–H and O–H groups in total. The van der Waals surface area contributed by atoms with Gasteiger partial charge in [-0.15, -0.1) is 0 Å². The SMILES string of the molecule is CCOC(=O)NN=C(c1ccc(Cl)cc1)C(c1ccc(Cl)cc1)c1ccc(OS(=O)(=O)C(F)(F)F)cc1. The topological polar surface area (TPSA) is 94.1 Å². The molecule has 0 aromatic heterocycles. The lowest BCUT2D eigenvalue weighted by atomic mass is 9.84. The molecule has 0 saturated heterocycles. The molecule has 0 fully saturated rings. The van der Waals surface area contributed by atoms with Gasteiger partial charge in [0.1, 0.15) is 5.75 Å². The number of rotatable bonds is 8. The van der Waals surface area contributed by atoms with Crippen LogP contribution >= 0.6 is 23.2 Å². The van der Waals surface area contributed by atoms with E-state index in [0.717, 1.165) is 12.1 Å². The van der Waals surface area contributed by atoms with Crippen molar-refractivity contribution in [3.63, 3.8) is 0 Å². The molecule has 3 rings (SSSR count). The van der Waals surface area contributed by atoms with Gasteiger partial charge in [-0.1, -0.05) is 59.6 Å². The first kappa shape index (κ1) is 28.3. The molecule has 196 valence electrons. The van der Waals surface area contributed by atoms with E-state index in [2.05, 4.69) is 14.7 Å². The van der Waals surface area contributed by atoms with Gasteiger partial charge in [0.25, 0.3) is 0 Å². The van der Waals surface area contributed by atoms with Crippen LogP contribution in [0.5, 0.6) is 5.75 Å². The molecule has 0 aliphatic rings. The molecule has 1 unspecified atom stereocenters. The van der Waals surface area contributed by atoms with Crippen molar-refractivity contribution in [2.75, 3.05) is 6.61 Å². The zero-order chi connectivity index (χ0) is 27.2. The number of hydrogen-bond acceptors (Lipinski definition) is 6. The Kier molecular flexibility index (Phi) is 9.06. The maximum Gasteiger partial charge on any atom is 0.534 e. The molecule has 0 aliphatic heterocycles. The number of amides is 1. The second kappa shape index (κ2) is 11.8. The molecular weight excluding hydrogens is 556 g/mol. The highest BCUT2D eigenvalue weighted by Gasteiger charge is 2.48. The van der Waals surface area contributed by atoms with Crippen molar-refractivity contribution >= 4 is 45.1 Å². The van der Waals surface area contributed by atoms with Gasteiger partial charge in [0.15, 0.2) is 0 Å². The number of carbonyl (C=O) groups is 1. The van der Waals surface area contributed by atoms with Crippen LogP contribution < -0.4 is 9.61 Å². The monoisotopic (exact) mass is 574 g/mol. The Balaban J connectivity index is 2.11. The Hall–Kier alpha value is -3.28. The van der Waals surface area contributed by atoms with Gasteiger partial charge in [-0.3, -0.25) is 0 Å². The van der Waals surface area contributed by atoms with E-state index in [4.69, 9.17) is 27.9 Å². The average molecular weight is 575 g/mol. The first-order chi connectivity index (χ1) is 17.4. The molecule has 0 bridgehead atoms. The number of ether oxygens (including phenoxy) is 1. The van der Waals surface area contributed by atoms with Gasteiger partial charge in [-0.2, -0.15) is 26.7 Å². The van der Waals surface area contributed by atoms with Crippen molar-refractivity contribution in [3.05, 3.63) is 99.5 Å². The lowest BCUT2D eigenvalue weighted by Gasteiger charge is -2.21. The minimum atomic E-state index is -5.84. The minimum Gasteiger partial charge on any atom is -0.449 e. The Morgan fingerprint density at radius 2 is 1.41 bits per heavy atom. The van der Waals surface area contributed by atoms with Crippen LogP contribution in [-0.4, -0.2) is 32.3 Å². The molecule has 0 spiro atoms. The number of nitrogens with zero attached hydrogens (tertiary/aromatic N) is 1. The van der Waals surface area contributed by atoms with Crippen LogP contribution in [0.4, 0.5) is 18.0 Å². The zero-order valence-electron chi connectivity index (χ0n) is 19.0. The fraction of sp³-hybridized carbons (Fsp3) is 0.167. The minimum absolute atomic E-state index is 0.112. The van der Waals surface area contributed by atoms with Gasteiger partial charge in [-0.25, -0.2) is 10.2 Å². The fourth-order valence-electron chi connectivity index (χ4n) is 3.24. The van der Waals surface area contributed by atoms with Crippen LogP contribution in [0.25, 0.3) is 0 Å². The van der Waals surface area contributed by atoms with Gasteiger partial charge in [0.05, 0.1) is 18.2 Å². The van der Waals surface area contributed by atoms with Gasteiger partial charge >= 0.3 is 21.7 Å². The van der Waals surface area contributed by atoms with E-state index in [1.165, 1.54) is 12.1 Å². The van der Waals surface area contributed by atoms with Crippen LogP contribution in [0.3, 0.4) is 0 Å². The normalized spacial score (nSPS) is 13.1. The number of alkyl halides is 3. The Morgan fingerprint density at radius 3 is 1.89 bits per heavy atom. The van der Waals surface area contributed by atoms with Crippen molar-refractivity contribution in [1.29, 1.82) is 0 Å². The highest BCUT2D eigenvalue weighted by molar-refractivity contribution is 7.88. The molecule has 1 atom stereocenters. The van der Waals surface area contributed by atoms with Crippen LogP contribution in [0.15, 0.2) is 77.9 Å². The van der Waals surface area contributed by atoms with Crippen molar-refractivity contribution in [2.45, 2.75) is 18.3 Å². The molecule has 0 heterocycles. The lowest BCUT2D eigenvalue weighted by molar-refractivity contribution is -0.0500. The second-order valence-corrected chi connectivity index (χ2v) is 9.78. The summed E-state index contributed by atoms with van der Waals surface area (Å²) in [5.74, 6) is -1.24. The molecule has 0 aliphatic carbocycles. The molecular formula is C24H19Cl2F3N2O5S. The summed E-state index contributed by atoms with van der Waals surface area (Å²) < 4.78 is 70.0. The van der Waals surface area contributed by atoms with E-state index in [1.807, 2.05) is 0 Å². The largest absolute Gasteiger partial charge is 0.534 e. The zero-order valence-corrected chi connectivity index (χ0v) is 21.3. The van der Waals surface area contributed by atoms with Crippen LogP contribution in [0.2, 0.25) is 10.0 Å². The smallest absolute Gasteiger partial charge is 0.449 e. The third-order valence-corrected chi connectivity index (χ3v) is 6.35. The van der Waals surface area contributed by atoms with Crippen molar-refractivity contribution in [1.82, 2.24) is 5.43 Å². The Labute approximate surface area is 220 Å². The van der Waals surface area contributed by atoms with Gasteiger partial charge < -0.3 is 8.92 Å². The predicted molar refractivity (Wildman–Crippen MR) is 133 cm³/mol. The lowest BCUT2D eigenvalue weighted by Crippen LogP contribution is -2.28. The van der Waals surface area contributed by atoms with Gasteiger partial charge in [0, 0.05) is 10.0 Å². The number of benzene rings is 3. The summed E-state index contributed by atoms with van der Waals surface area (Å²) in [6, 6.07) is 18.2. The first-order valence-corrected chi connectivity index (χ1v) is 12.7. The van der Waals surface area contributed by atoms with E-state index >= 15 is 0 Å². The number of carbonyl (C=O) groups excluding carboxylic acids is 1. The summed E-state index contributed by atoms with van der Waals surface area (Å²) in [6.07, 6.45) is -0.801.